The molecule has 2 atom stereocenters. The maximum atomic E-state index is 13.8. The Balaban J connectivity index is 1.27. The van der Waals surface area contributed by atoms with Gasteiger partial charge in [0.2, 0.25) is 5.91 Å². The first-order chi connectivity index (χ1) is 27.1. The minimum atomic E-state index is -5.02. The highest BCUT2D eigenvalue weighted by Crippen LogP contribution is 2.44. The molecule has 2 aliphatic rings. The van der Waals surface area contributed by atoms with E-state index in [2.05, 4.69) is 113 Å². The molecule has 17 heteroatoms. The lowest BCUT2D eigenvalue weighted by molar-refractivity contribution is -0.188. The molecular formula is C40H37F3I4N4O6. The summed E-state index contributed by atoms with van der Waals surface area (Å²) in [4.78, 5) is 28.3. The van der Waals surface area contributed by atoms with Crippen molar-refractivity contribution in [1.82, 2.24) is 9.80 Å². The van der Waals surface area contributed by atoms with Gasteiger partial charge in [0.05, 0.1) is 40.5 Å². The summed E-state index contributed by atoms with van der Waals surface area (Å²) in [6.45, 7) is 2.11. The number of rotatable bonds is 10. The standard InChI is InChI=1S/C40H37F3I4N4O6/c1-20(52)50-8-6-23-16-33(54-2)35(56-4)18-25(23)31(50)14-21-10-27(44)37(28(45)11-21)48-49-38-29(46)12-22(13-30(38)47)15-32-26-19-36(57-5)34(55-3)17-24(26)7-9-51(32)39(53)40(41,42)43/h10-13,16-19,31-32H,6-9,14-15H2,1-5H3. The molecule has 4 aromatic rings. The zero-order chi connectivity index (χ0) is 41.3. The van der Waals surface area contributed by atoms with Crippen molar-refractivity contribution >= 4 is 114 Å². The lowest BCUT2D eigenvalue weighted by Crippen LogP contribution is -2.47. The van der Waals surface area contributed by atoms with Crippen molar-refractivity contribution in [1.29, 1.82) is 0 Å². The summed E-state index contributed by atoms with van der Waals surface area (Å²) >= 11 is 8.83. The van der Waals surface area contributed by atoms with Crippen molar-refractivity contribution in [2.75, 3.05) is 41.5 Å². The maximum absolute atomic E-state index is 13.8. The summed E-state index contributed by atoms with van der Waals surface area (Å²) in [5, 5.41) is 9.34. The van der Waals surface area contributed by atoms with Crippen LogP contribution in [0.1, 0.15) is 52.4 Å². The Labute approximate surface area is 383 Å². The van der Waals surface area contributed by atoms with Crippen LogP contribution in [0.15, 0.2) is 58.8 Å². The SMILES string of the molecule is COc1cc2c(cc1OC)C(Cc1cc(I)c(N=Nc3c(I)cc(CC4c5cc(OC)c(OC)cc5CCN4C(=O)C(F)(F)F)cc3I)c(I)c1)N(C(C)=O)CC2. The van der Waals surface area contributed by atoms with Crippen LogP contribution in [0.25, 0.3) is 0 Å². The molecule has 0 saturated heterocycles. The highest BCUT2D eigenvalue weighted by Gasteiger charge is 2.46. The van der Waals surface area contributed by atoms with E-state index in [1.165, 1.54) is 14.2 Å². The number of carbonyl (C=O) groups is 2. The first-order valence-electron chi connectivity index (χ1n) is 17.6. The largest absolute Gasteiger partial charge is 0.493 e. The van der Waals surface area contributed by atoms with Crippen LogP contribution in [0.2, 0.25) is 0 Å². The van der Waals surface area contributed by atoms with E-state index in [4.69, 9.17) is 18.9 Å². The molecule has 0 bridgehead atoms. The van der Waals surface area contributed by atoms with Gasteiger partial charge in [0.1, 0.15) is 11.4 Å². The van der Waals surface area contributed by atoms with E-state index >= 15 is 0 Å². The van der Waals surface area contributed by atoms with Crippen LogP contribution in [-0.4, -0.2) is 69.3 Å². The number of nitrogens with zero attached hydrogens (tertiary/aromatic N) is 4. The van der Waals surface area contributed by atoms with Crippen molar-refractivity contribution in [3.63, 3.8) is 0 Å². The molecule has 2 heterocycles. The number of hydrogen-bond donors (Lipinski definition) is 0. The number of hydrogen-bond acceptors (Lipinski definition) is 8. The zero-order valence-electron chi connectivity index (χ0n) is 31.4. The van der Waals surface area contributed by atoms with E-state index < -0.39 is 18.1 Å². The molecule has 6 rings (SSSR count). The second kappa shape index (κ2) is 18.3. The molecule has 4 aromatic carbocycles. The van der Waals surface area contributed by atoms with E-state index in [0.717, 1.165) is 47.0 Å². The van der Waals surface area contributed by atoms with E-state index in [0.29, 0.717) is 59.3 Å². The van der Waals surface area contributed by atoms with Crippen LogP contribution < -0.4 is 18.9 Å². The summed E-state index contributed by atoms with van der Waals surface area (Å²) in [6.07, 6.45) is -3.34. The molecule has 302 valence electrons. The highest BCUT2D eigenvalue weighted by molar-refractivity contribution is 14.1. The molecule has 0 N–H and O–H groups in total. The Morgan fingerprint density at radius 1 is 0.632 bits per heavy atom. The summed E-state index contributed by atoms with van der Waals surface area (Å²) in [7, 11) is 6.18. The number of halogens is 7. The summed E-state index contributed by atoms with van der Waals surface area (Å²) in [5.41, 5.74) is 6.62. The molecule has 2 unspecified atom stereocenters. The van der Waals surface area contributed by atoms with Gasteiger partial charge < -0.3 is 28.7 Å². The molecule has 2 aliphatic heterocycles. The molecule has 0 fully saturated rings. The van der Waals surface area contributed by atoms with Crippen LogP contribution in [0.3, 0.4) is 0 Å². The number of ether oxygens (including phenoxy) is 4. The number of azo groups is 1. The van der Waals surface area contributed by atoms with Crippen molar-refractivity contribution in [2.45, 2.75) is 50.9 Å². The quantitative estimate of drug-likeness (QED) is 0.116. The van der Waals surface area contributed by atoms with Gasteiger partial charge >= 0.3 is 12.1 Å². The highest BCUT2D eigenvalue weighted by atomic mass is 127. The third-order valence-corrected chi connectivity index (χ3v) is 13.5. The molecule has 0 aliphatic carbocycles. The van der Waals surface area contributed by atoms with Gasteiger partial charge in [0, 0.05) is 34.3 Å². The third kappa shape index (κ3) is 9.39. The number of carbonyl (C=O) groups excluding carboxylic acids is 2. The third-order valence-electron chi connectivity index (χ3n) is 10.2. The lowest BCUT2D eigenvalue weighted by atomic mass is 9.88. The molecule has 0 aromatic heterocycles. The fourth-order valence-electron chi connectivity index (χ4n) is 7.49. The first-order valence-corrected chi connectivity index (χ1v) is 21.9. The van der Waals surface area contributed by atoms with E-state index in [9.17, 15) is 22.8 Å². The average molecular weight is 1230 g/mol. The van der Waals surface area contributed by atoms with Gasteiger partial charge in [0.25, 0.3) is 0 Å². The molecule has 0 spiro atoms. The summed E-state index contributed by atoms with van der Waals surface area (Å²) < 4.78 is 66.9. The second-order valence-corrected chi connectivity index (χ2v) is 18.1. The smallest absolute Gasteiger partial charge is 0.471 e. The lowest BCUT2D eigenvalue weighted by Gasteiger charge is -2.38. The average Bonchev–Trinajstić information content (AvgIpc) is 3.16. The molecular weight excluding hydrogens is 1200 g/mol. The van der Waals surface area contributed by atoms with Crippen molar-refractivity contribution in [2.24, 2.45) is 10.2 Å². The van der Waals surface area contributed by atoms with Crippen molar-refractivity contribution in [3.05, 3.63) is 96.2 Å². The maximum Gasteiger partial charge on any atom is 0.471 e. The minimum absolute atomic E-state index is 0.00190. The monoisotopic (exact) mass is 1230 g/mol. The minimum Gasteiger partial charge on any atom is -0.493 e. The van der Waals surface area contributed by atoms with E-state index in [1.54, 1.807) is 33.3 Å². The zero-order valence-corrected chi connectivity index (χ0v) is 40.0. The Morgan fingerprint density at radius 2 is 0.982 bits per heavy atom. The van der Waals surface area contributed by atoms with Crippen LogP contribution in [0.5, 0.6) is 23.0 Å². The first kappa shape index (κ1) is 43.9. The van der Waals surface area contributed by atoms with Crippen molar-refractivity contribution in [3.8, 4) is 23.0 Å². The van der Waals surface area contributed by atoms with Gasteiger partial charge in [-0.15, -0.1) is 10.2 Å². The number of fused-ring (bicyclic) bond motifs is 2. The number of benzene rings is 4. The predicted molar refractivity (Wildman–Crippen MR) is 242 cm³/mol. The van der Waals surface area contributed by atoms with Crippen LogP contribution >= 0.6 is 90.4 Å². The topological polar surface area (TPSA) is 102 Å². The molecule has 2 amide bonds. The molecule has 57 heavy (non-hydrogen) atoms. The summed E-state index contributed by atoms with van der Waals surface area (Å²) in [6, 6.07) is 14.2. The fourth-order valence-corrected chi connectivity index (χ4v) is 11.7. The van der Waals surface area contributed by atoms with Gasteiger partial charge in [0.15, 0.2) is 23.0 Å². The van der Waals surface area contributed by atoms with Gasteiger partial charge in [-0.2, -0.15) is 13.2 Å². The normalized spacial score (nSPS) is 16.6. The predicted octanol–water partition coefficient (Wildman–Crippen LogP) is 10.5. The number of alkyl halides is 3. The van der Waals surface area contributed by atoms with Gasteiger partial charge in [-0.1, -0.05) is 0 Å². The fraction of sp³-hybridized carbons (Fsp3) is 0.350. The second-order valence-electron chi connectivity index (χ2n) is 13.5. The Bertz CT molecular complexity index is 2210. The van der Waals surface area contributed by atoms with Gasteiger partial charge in [-0.3, -0.25) is 9.59 Å². The Morgan fingerprint density at radius 3 is 1.33 bits per heavy atom. The number of methoxy groups -OCH3 is 4. The van der Waals surface area contributed by atoms with Crippen LogP contribution in [0.4, 0.5) is 24.5 Å². The molecule has 0 saturated carbocycles. The van der Waals surface area contributed by atoms with E-state index in [1.807, 2.05) is 29.2 Å². The van der Waals surface area contributed by atoms with Gasteiger partial charge in [-0.25, -0.2) is 0 Å². The Hall–Kier alpha value is -2.67. The van der Waals surface area contributed by atoms with Crippen LogP contribution in [0, 0.1) is 14.3 Å². The molecule has 10 nitrogen and oxygen atoms in total. The molecule has 0 radical (unpaired) electrons. The summed E-state index contributed by atoms with van der Waals surface area (Å²) in [5.74, 6) is 0.244. The van der Waals surface area contributed by atoms with Crippen molar-refractivity contribution < 1.29 is 41.7 Å². The Kier molecular flexibility index (Phi) is 14.1. The van der Waals surface area contributed by atoms with E-state index in [-0.39, 0.29) is 31.3 Å². The number of amides is 2. The van der Waals surface area contributed by atoms with Crippen LogP contribution in [-0.2, 0) is 35.3 Å². The van der Waals surface area contributed by atoms with Gasteiger partial charge in [-0.05, 0) is 198 Å².